The van der Waals surface area contributed by atoms with Crippen LogP contribution in [0.3, 0.4) is 0 Å². The largest absolute Gasteiger partial charge is 0.393 e. The molecule has 41 heavy (non-hydrogen) atoms. The van der Waals surface area contributed by atoms with Gasteiger partial charge in [0.15, 0.2) is 5.78 Å². The van der Waals surface area contributed by atoms with Crippen molar-refractivity contribution in [3.05, 3.63) is 81.1 Å². The maximum Gasteiger partial charge on any atom is 0.167 e. The van der Waals surface area contributed by atoms with Crippen molar-refractivity contribution >= 4 is 17.4 Å². The number of aliphatic hydroxyl groups is 2. The van der Waals surface area contributed by atoms with E-state index in [9.17, 15) is 19.4 Å². The lowest BCUT2D eigenvalue weighted by molar-refractivity contribution is -0.0857. The summed E-state index contributed by atoms with van der Waals surface area (Å²) >= 11 is 6.33. The number of Topliss-reactive ketones (excluding diaryl/α,β-unsaturated/α-hetero) is 1. The highest BCUT2D eigenvalue weighted by Gasteiger charge is 2.57. The topological polar surface area (TPSA) is 60.8 Å². The molecule has 1 aliphatic heterocycles. The van der Waals surface area contributed by atoms with Crippen LogP contribution in [0.4, 0.5) is 4.39 Å². The van der Waals surface area contributed by atoms with E-state index in [0.29, 0.717) is 31.4 Å². The summed E-state index contributed by atoms with van der Waals surface area (Å²) in [5, 5.41) is 23.5. The molecule has 4 aliphatic rings. The molecule has 6 heteroatoms. The minimum atomic E-state index is -0.877. The van der Waals surface area contributed by atoms with Gasteiger partial charge in [0.1, 0.15) is 5.82 Å². The van der Waals surface area contributed by atoms with Crippen LogP contribution in [0.15, 0.2) is 48.0 Å². The number of β-amino-alcohol motifs (C(OH)–C–C–N with tert-alkyl or cyclic N) is 1. The molecule has 1 saturated carbocycles. The molecule has 0 spiro atoms. The zero-order valence-corrected chi connectivity index (χ0v) is 25.4. The van der Waals surface area contributed by atoms with Crippen LogP contribution in [0.2, 0.25) is 5.02 Å². The lowest BCUT2D eigenvalue weighted by atomic mass is 9.64. The number of rotatable bonds is 5. The third-order valence-corrected chi connectivity index (χ3v) is 10.7. The summed E-state index contributed by atoms with van der Waals surface area (Å²) in [6.45, 7) is 7.05. The highest BCUT2D eigenvalue weighted by Crippen LogP contribution is 2.59. The van der Waals surface area contributed by atoms with E-state index in [2.05, 4.69) is 24.8 Å². The van der Waals surface area contributed by atoms with Crippen molar-refractivity contribution in [1.29, 1.82) is 0 Å². The van der Waals surface area contributed by atoms with Gasteiger partial charge in [-0.25, -0.2) is 4.39 Å². The number of ketones is 1. The van der Waals surface area contributed by atoms with Gasteiger partial charge in [-0.15, -0.1) is 0 Å². The molecular formula is C35H45ClFNO3. The summed E-state index contributed by atoms with van der Waals surface area (Å²) in [5.74, 6) is -0.687. The molecule has 4 nitrogen and oxygen atoms in total. The average Bonchev–Trinajstić information content (AvgIpc) is 3.19. The highest BCUT2D eigenvalue weighted by atomic mass is 35.5. The van der Waals surface area contributed by atoms with Gasteiger partial charge in [-0.1, -0.05) is 54.8 Å². The molecule has 2 aromatic rings. The summed E-state index contributed by atoms with van der Waals surface area (Å²) in [5.41, 5.74) is 2.54. The number of piperidine rings is 1. The Labute approximate surface area is 249 Å². The first-order valence-electron chi connectivity index (χ1n) is 15.5. The van der Waals surface area contributed by atoms with E-state index in [4.69, 9.17) is 11.6 Å². The lowest BCUT2D eigenvalue weighted by Gasteiger charge is -2.46. The molecule has 222 valence electrons. The van der Waals surface area contributed by atoms with Crippen LogP contribution in [0.25, 0.3) is 0 Å². The zero-order chi connectivity index (χ0) is 29.2. The van der Waals surface area contributed by atoms with Crippen LogP contribution in [0, 0.1) is 11.2 Å². The summed E-state index contributed by atoms with van der Waals surface area (Å²) in [7, 11) is 0. The third kappa shape index (κ3) is 6.49. The van der Waals surface area contributed by atoms with Gasteiger partial charge in [-0.3, -0.25) is 4.79 Å². The van der Waals surface area contributed by atoms with E-state index < -0.39 is 22.9 Å². The first-order chi connectivity index (χ1) is 19.6. The van der Waals surface area contributed by atoms with Crippen molar-refractivity contribution in [3.8, 4) is 0 Å². The number of nitrogens with zero attached hydrogens (tertiary/aromatic N) is 1. The fourth-order valence-corrected chi connectivity index (χ4v) is 7.92. The molecule has 0 amide bonds. The first kappa shape index (κ1) is 30.4. The van der Waals surface area contributed by atoms with Crippen molar-refractivity contribution in [3.63, 3.8) is 0 Å². The Bertz CT molecular complexity index is 1270. The molecule has 2 aromatic carbocycles. The molecule has 0 aromatic heterocycles. The van der Waals surface area contributed by atoms with Crippen LogP contribution in [-0.2, 0) is 12.8 Å². The second-order valence-corrected chi connectivity index (χ2v) is 13.5. The van der Waals surface area contributed by atoms with E-state index in [-0.39, 0.29) is 28.7 Å². The van der Waals surface area contributed by atoms with Gasteiger partial charge in [0.2, 0.25) is 0 Å². The number of hydrogen-bond acceptors (Lipinski definition) is 4. The number of halogens is 2. The van der Waals surface area contributed by atoms with Gasteiger partial charge in [-0.2, -0.15) is 0 Å². The molecule has 6 rings (SSSR count). The Morgan fingerprint density at radius 3 is 2.66 bits per heavy atom. The van der Waals surface area contributed by atoms with Gasteiger partial charge in [0.05, 0.1) is 11.7 Å². The highest BCUT2D eigenvalue weighted by molar-refractivity contribution is 6.31. The Morgan fingerprint density at radius 2 is 1.90 bits per heavy atom. The Balaban J connectivity index is 1.57. The minimum Gasteiger partial charge on any atom is -0.393 e. The van der Waals surface area contributed by atoms with Crippen molar-refractivity contribution in [2.24, 2.45) is 5.41 Å². The number of allylic oxidation sites excluding steroid dienone is 2. The van der Waals surface area contributed by atoms with Gasteiger partial charge < -0.3 is 15.1 Å². The summed E-state index contributed by atoms with van der Waals surface area (Å²) in [6.07, 6.45) is 10.2. The summed E-state index contributed by atoms with van der Waals surface area (Å²) < 4.78 is 14.7. The fourth-order valence-electron chi connectivity index (χ4n) is 7.69. The molecule has 2 fully saturated rings. The van der Waals surface area contributed by atoms with Crippen LogP contribution in [0.1, 0.15) is 105 Å². The summed E-state index contributed by atoms with van der Waals surface area (Å²) in [6, 6.07) is 10.5. The molecule has 4 atom stereocenters. The number of carbonyl (C=O) groups is 1. The Kier molecular flexibility index (Phi) is 9.40. The second-order valence-electron chi connectivity index (χ2n) is 13.1. The maximum atomic E-state index is 14.7. The monoisotopic (exact) mass is 581 g/mol. The number of likely N-dealkylation sites (tertiary alicyclic amines) is 1. The fraction of sp³-hybridized carbons (Fsp3) is 0.571. The standard InChI is InChI=1S/C35H45ClFNO3/c1-24-8-7-16-34(2)30(15-17-35(34,41)23-38-18-4-3-5-19-38)27-14-12-25(20-26(39)13-11-24)21-28(27)33(40)22-29-31(36)9-6-10-32(29)37/h6,8-10,12,14,21,26,30,39,41H,3-5,7,11,13,15-20,22-23H2,1-2H3. The predicted octanol–water partition coefficient (Wildman–Crippen LogP) is 7.43. The van der Waals surface area contributed by atoms with E-state index in [1.807, 2.05) is 18.2 Å². The summed E-state index contributed by atoms with van der Waals surface area (Å²) in [4.78, 5) is 16.4. The number of hydrogen-bond donors (Lipinski definition) is 2. The molecule has 1 heterocycles. The molecule has 1 saturated heterocycles. The predicted molar refractivity (Wildman–Crippen MR) is 163 cm³/mol. The number of fused-ring (bicyclic) bond motifs is 8. The normalized spacial score (nSPS) is 29.6. The van der Waals surface area contributed by atoms with Crippen LogP contribution in [-0.4, -0.2) is 52.2 Å². The zero-order valence-electron chi connectivity index (χ0n) is 24.6. The number of benzene rings is 2. The van der Waals surface area contributed by atoms with Crippen LogP contribution < -0.4 is 0 Å². The van der Waals surface area contributed by atoms with Crippen molar-refractivity contribution in [1.82, 2.24) is 4.90 Å². The minimum absolute atomic E-state index is 0.0250. The molecular weight excluding hydrogens is 537 g/mol. The first-order valence-corrected chi connectivity index (χ1v) is 15.8. The van der Waals surface area contributed by atoms with Crippen LogP contribution in [0.5, 0.6) is 0 Å². The lowest BCUT2D eigenvalue weighted by Crippen LogP contribution is -2.53. The Morgan fingerprint density at radius 1 is 1.12 bits per heavy atom. The molecule has 3 aliphatic carbocycles. The SMILES string of the molecule is CC1=CCCC2(C)C(CCC2(O)CN2CCCCC2)c2ccc(cc2C(=O)Cc2c(F)cccc2Cl)CC(O)CC1. The van der Waals surface area contributed by atoms with Gasteiger partial charge in [0.25, 0.3) is 0 Å². The van der Waals surface area contributed by atoms with Crippen molar-refractivity contribution in [2.45, 2.75) is 102 Å². The van der Waals surface area contributed by atoms with Gasteiger partial charge in [-0.05, 0) is 113 Å². The second kappa shape index (κ2) is 12.7. The molecule has 0 radical (unpaired) electrons. The number of carbonyl (C=O) groups excluding carboxylic acids is 1. The molecule has 4 unspecified atom stereocenters. The maximum absolute atomic E-state index is 14.7. The van der Waals surface area contributed by atoms with E-state index in [0.717, 1.165) is 49.9 Å². The van der Waals surface area contributed by atoms with E-state index in [1.54, 1.807) is 12.1 Å². The number of aliphatic hydroxyl groups excluding tert-OH is 1. The van der Waals surface area contributed by atoms with Crippen molar-refractivity contribution in [2.75, 3.05) is 19.6 Å². The van der Waals surface area contributed by atoms with Crippen LogP contribution >= 0.6 is 11.6 Å². The average molecular weight is 582 g/mol. The van der Waals surface area contributed by atoms with E-state index in [1.165, 1.54) is 30.9 Å². The van der Waals surface area contributed by atoms with Gasteiger partial charge >= 0.3 is 0 Å². The van der Waals surface area contributed by atoms with Crippen molar-refractivity contribution < 1.29 is 19.4 Å². The Hall–Kier alpha value is -2.05. The third-order valence-electron chi connectivity index (χ3n) is 10.3. The molecule has 2 N–H and O–H groups in total. The van der Waals surface area contributed by atoms with E-state index >= 15 is 0 Å². The van der Waals surface area contributed by atoms with Gasteiger partial charge in [0, 0.05) is 34.5 Å². The smallest absolute Gasteiger partial charge is 0.167 e. The quantitative estimate of drug-likeness (QED) is 0.285. The molecule has 2 bridgehead atoms.